The zero-order valence-electron chi connectivity index (χ0n) is 14.3. The highest BCUT2D eigenvalue weighted by Crippen LogP contribution is 2.27. The second kappa shape index (κ2) is 6.70. The number of anilines is 1. The Morgan fingerprint density at radius 1 is 1.12 bits per heavy atom. The lowest BCUT2D eigenvalue weighted by molar-refractivity contribution is 0.476. The third kappa shape index (κ3) is 4.53. The van der Waals surface area contributed by atoms with Crippen LogP contribution in [-0.4, -0.2) is 36.7 Å². The fraction of sp³-hybridized carbons (Fsp3) is 0.294. The van der Waals surface area contributed by atoms with Gasteiger partial charge in [-0.1, -0.05) is 18.2 Å². The van der Waals surface area contributed by atoms with Crippen molar-refractivity contribution in [1.82, 2.24) is 14.7 Å². The Balaban J connectivity index is 1.95. The van der Waals surface area contributed by atoms with Gasteiger partial charge in [-0.25, -0.2) is 23.1 Å². The van der Waals surface area contributed by atoms with E-state index in [1.165, 1.54) is 0 Å². The normalized spacial score (nSPS) is 12.4. The van der Waals surface area contributed by atoms with Gasteiger partial charge >= 0.3 is 0 Å². The lowest BCUT2D eigenvalue weighted by atomic mass is 10.1. The smallest absolute Gasteiger partial charge is 0.209 e. The van der Waals surface area contributed by atoms with Crippen molar-refractivity contribution in [2.45, 2.75) is 19.4 Å². The van der Waals surface area contributed by atoms with E-state index in [2.05, 4.69) is 20.0 Å². The summed E-state index contributed by atoms with van der Waals surface area (Å²) in [5.41, 5.74) is 0.195. The first kappa shape index (κ1) is 17.8. The first-order valence-electron chi connectivity index (χ1n) is 7.77. The molecule has 0 aliphatic heterocycles. The number of benzene rings is 1. The highest BCUT2D eigenvalue weighted by atomic mass is 32.2. The molecule has 6 nitrogen and oxygen atoms in total. The van der Waals surface area contributed by atoms with E-state index in [1.807, 2.05) is 55.6 Å². The van der Waals surface area contributed by atoms with Gasteiger partial charge < -0.3 is 5.32 Å². The Kier molecular flexibility index (Phi) is 4.77. The summed E-state index contributed by atoms with van der Waals surface area (Å²) >= 11 is 1.58. The first-order chi connectivity index (χ1) is 11.7. The number of para-hydroxylation sites is 1. The second-order valence-corrected chi connectivity index (χ2v) is 9.20. The average Bonchev–Trinajstić information content (AvgIpc) is 3.04. The van der Waals surface area contributed by atoms with Crippen molar-refractivity contribution in [2.24, 2.45) is 0 Å². The average molecular weight is 377 g/mol. The molecule has 0 spiro atoms. The molecule has 3 aromatic rings. The zero-order chi connectivity index (χ0) is 18.1. The number of thiophene rings is 1. The number of nitrogens with one attached hydrogen (secondary N) is 2. The predicted octanol–water partition coefficient (Wildman–Crippen LogP) is 3.10. The summed E-state index contributed by atoms with van der Waals surface area (Å²) in [4.78, 5) is 10.3. The van der Waals surface area contributed by atoms with E-state index in [0.717, 1.165) is 22.0 Å². The quantitative estimate of drug-likeness (QED) is 0.691. The van der Waals surface area contributed by atoms with Gasteiger partial charge in [0.05, 0.1) is 16.6 Å². The Labute approximate surface area is 151 Å². The summed E-state index contributed by atoms with van der Waals surface area (Å²) in [6.07, 6.45) is 1.16. The van der Waals surface area contributed by atoms with Gasteiger partial charge in [0, 0.05) is 17.5 Å². The van der Waals surface area contributed by atoms with E-state index in [9.17, 15) is 8.42 Å². The number of nitrogens with zero attached hydrogens (tertiary/aromatic N) is 2. The molecule has 3 rings (SSSR count). The SMILES string of the molecule is CC(C)(CNc1nc(-c2cccs2)nc2ccccc12)NS(C)(=O)=O. The van der Waals surface area contributed by atoms with Crippen LogP contribution >= 0.6 is 11.3 Å². The van der Waals surface area contributed by atoms with Crippen LogP contribution in [0.3, 0.4) is 0 Å². The van der Waals surface area contributed by atoms with Crippen molar-refractivity contribution >= 4 is 38.1 Å². The van der Waals surface area contributed by atoms with Crippen LogP contribution in [0.5, 0.6) is 0 Å². The van der Waals surface area contributed by atoms with Crippen molar-refractivity contribution in [3.05, 3.63) is 41.8 Å². The number of fused-ring (bicyclic) bond motifs is 1. The fourth-order valence-electron chi connectivity index (χ4n) is 2.57. The summed E-state index contributed by atoms with van der Waals surface area (Å²) in [6.45, 7) is 4.04. The van der Waals surface area contributed by atoms with E-state index >= 15 is 0 Å². The van der Waals surface area contributed by atoms with Gasteiger partial charge in [0.1, 0.15) is 5.82 Å². The van der Waals surface area contributed by atoms with Crippen molar-refractivity contribution in [2.75, 3.05) is 18.1 Å². The second-order valence-electron chi connectivity index (χ2n) is 6.50. The van der Waals surface area contributed by atoms with E-state index in [1.54, 1.807) is 11.3 Å². The van der Waals surface area contributed by atoms with Crippen LogP contribution in [0.15, 0.2) is 41.8 Å². The maximum absolute atomic E-state index is 11.5. The fourth-order valence-corrected chi connectivity index (χ4v) is 4.30. The van der Waals surface area contributed by atoms with Gasteiger partial charge in [0.25, 0.3) is 0 Å². The predicted molar refractivity (Wildman–Crippen MR) is 103 cm³/mol. The molecule has 2 N–H and O–H groups in total. The highest BCUT2D eigenvalue weighted by molar-refractivity contribution is 7.88. The Bertz CT molecular complexity index is 983. The van der Waals surface area contributed by atoms with Crippen LogP contribution in [0.4, 0.5) is 5.82 Å². The molecular weight excluding hydrogens is 356 g/mol. The molecule has 2 aromatic heterocycles. The third-order valence-electron chi connectivity index (χ3n) is 3.50. The van der Waals surface area contributed by atoms with Crippen molar-refractivity contribution < 1.29 is 8.42 Å². The van der Waals surface area contributed by atoms with E-state index < -0.39 is 15.6 Å². The summed E-state index contributed by atoms with van der Waals surface area (Å²) < 4.78 is 25.7. The molecular formula is C17H20N4O2S2. The van der Waals surface area contributed by atoms with Crippen LogP contribution in [0.25, 0.3) is 21.6 Å². The molecule has 0 aliphatic rings. The van der Waals surface area contributed by atoms with Crippen molar-refractivity contribution in [1.29, 1.82) is 0 Å². The largest absolute Gasteiger partial charge is 0.368 e. The summed E-state index contributed by atoms with van der Waals surface area (Å²) in [5.74, 6) is 1.35. The Hall–Kier alpha value is -2.03. The number of rotatable bonds is 6. The minimum atomic E-state index is -3.29. The van der Waals surface area contributed by atoms with Crippen LogP contribution in [0.2, 0.25) is 0 Å². The van der Waals surface area contributed by atoms with Gasteiger partial charge in [-0.15, -0.1) is 11.3 Å². The van der Waals surface area contributed by atoms with Gasteiger partial charge in [-0.3, -0.25) is 0 Å². The van der Waals surface area contributed by atoms with Crippen LogP contribution in [0.1, 0.15) is 13.8 Å². The lowest BCUT2D eigenvalue weighted by Gasteiger charge is -2.26. The number of hydrogen-bond acceptors (Lipinski definition) is 6. The summed E-state index contributed by atoms with van der Waals surface area (Å²) in [7, 11) is -3.29. The lowest BCUT2D eigenvalue weighted by Crippen LogP contribution is -2.47. The monoisotopic (exact) mass is 376 g/mol. The van der Waals surface area contributed by atoms with E-state index in [0.29, 0.717) is 18.2 Å². The van der Waals surface area contributed by atoms with Gasteiger partial charge in [0.15, 0.2) is 5.82 Å². The Morgan fingerprint density at radius 2 is 1.88 bits per heavy atom. The molecule has 2 heterocycles. The molecule has 0 fully saturated rings. The summed E-state index contributed by atoms with van der Waals surface area (Å²) in [6, 6.07) is 11.7. The summed E-state index contributed by atoms with van der Waals surface area (Å²) in [5, 5.41) is 6.17. The molecule has 0 saturated carbocycles. The molecule has 25 heavy (non-hydrogen) atoms. The highest BCUT2D eigenvalue weighted by Gasteiger charge is 2.22. The molecule has 0 radical (unpaired) electrons. The maximum Gasteiger partial charge on any atom is 0.209 e. The van der Waals surface area contributed by atoms with E-state index in [-0.39, 0.29) is 0 Å². The van der Waals surface area contributed by atoms with Crippen LogP contribution in [-0.2, 0) is 10.0 Å². The molecule has 0 bridgehead atoms. The third-order valence-corrected chi connectivity index (χ3v) is 5.29. The number of sulfonamides is 1. The van der Waals surface area contributed by atoms with Crippen LogP contribution in [0, 0.1) is 0 Å². The first-order valence-corrected chi connectivity index (χ1v) is 10.5. The molecule has 0 saturated heterocycles. The van der Waals surface area contributed by atoms with Gasteiger partial charge in [0.2, 0.25) is 10.0 Å². The molecule has 132 valence electrons. The van der Waals surface area contributed by atoms with Crippen molar-refractivity contribution in [3.63, 3.8) is 0 Å². The molecule has 8 heteroatoms. The number of hydrogen-bond donors (Lipinski definition) is 2. The Morgan fingerprint density at radius 3 is 2.56 bits per heavy atom. The van der Waals surface area contributed by atoms with Crippen molar-refractivity contribution in [3.8, 4) is 10.7 Å². The molecule has 0 aliphatic carbocycles. The minimum Gasteiger partial charge on any atom is -0.368 e. The molecule has 0 unspecified atom stereocenters. The van der Waals surface area contributed by atoms with Gasteiger partial charge in [-0.2, -0.15) is 0 Å². The standard InChI is InChI=1S/C17H20N4O2S2/c1-17(2,21-25(3,22)23)11-18-15-12-7-4-5-8-13(12)19-16(20-15)14-9-6-10-24-14/h4-10,21H,11H2,1-3H3,(H,18,19,20). The molecule has 0 atom stereocenters. The van der Waals surface area contributed by atoms with E-state index in [4.69, 9.17) is 0 Å². The maximum atomic E-state index is 11.5. The van der Waals surface area contributed by atoms with Crippen LogP contribution < -0.4 is 10.0 Å². The van der Waals surface area contributed by atoms with Gasteiger partial charge in [-0.05, 0) is 37.4 Å². The number of aromatic nitrogens is 2. The topological polar surface area (TPSA) is 84.0 Å². The zero-order valence-corrected chi connectivity index (χ0v) is 15.9. The minimum absolute atomic E-state index is 0.394. The molecule has 0 amide bonds. The molecule has 1 aromatic carbocycles.